The number of aliphatic hydroxyl groups excluding tert-OH is 1. The summed E-state index contributed by atoms with van der Waals surface area (Å²) in [6, 6.07) is 5.30. The van der Waals surface area contributed by atoms with Gasteiger partial charge in [0.05, 0.1) is 11.7 Å². The van der Waals surface area contributed by atoms with E-state index in [2.05, 4.69) is 5.32 Å². The third-order valence-electron chi connectivity index (χ3n) is 4.21. The predicted molar refractivity (Wildman–Crippen MR) is 75.8 cm³/mol. The number of halogens is 3. The van der Waals surface area contributed by atoms with Crippen molar-refractivity contribution >= 4 is 0 Å². The van der Waals surface area contributed by atoms with Crippen molar-refractivity contribution < 1.29 is 18.3 Å². The average molecular weight is 301 g/mol. The Balaban J connectivity index is 1.87. The molecule has 2 rings (SSSR count). The Kier molecular flexibility index (Phi) is 5.27. The molecule has 2 N–H and O–H groups in total. The fourth-order valence-electron chi connectivity index (χ4n) is 2.87. The molecule has 118 valence electrons. The first-order valence-electron chi connectivity index (χ1n) is 7.45. The summed E-state index contributed by atoms with van der Waals surface area (Å²) in [7, 11) is 0. The molecule has 5 heteroatoms. The summed E-state index contributed by atoms with van der Waals surface area (Å²) in [5, 5.41) is 13.0. The highest BCUT2D eigenvalue weighted by Crippen LogP contribution is 2.30. The minimum Gasteiger partial charge on any atom is -0.393 e. The van der Waals surface area contributed by atoms with Crippen molar-refractivity contribution in [3.63, 3.8) is 0 Å². The molecule has 0 aliphatic heterocycles. The van der Waals surface area contributed by atoms with E-state index in [1.165, 1.54) is 12.1 Å². The number of alkyl halides is 3. The number of hydrogen-bond acceptors (Lipinski definition) is 2. The summed E-state index contributed by atoms with van der Waals surface area (Å²) in [5.74, 6) is 0.450. The molecule has 1 aliphatic carbocycles. The van der Waals surface area contributed by atoms with Crippen molar-refractivity contribution in [1.29, 1.82) is 0 Å². The van der Waals surface area contributed by atoms with Crippen molar-refractivity contribution in [2.24, 2.45) is 5.92 Å². The van der Waals surface area contributed by atoms with E-state index in [1.54, 1.807) is 0 Å². The molecule has 1 saturated carbocycles. The summed E-state index contributed by atoms with van der Waals surface area (Å²) < 4.78 is 37.5. The van der Waals surface area contributed by atoms with Gasteiger partial charge in [-0.3, -0.25) is 0 Å². The molecule has 0 spiro atoms. The van der Waals surface area contributed by atoms with Gasteiger partial charge in [0.25, 0.3) is 0 Å². The molecule has 21 heavy (non-hydrogen) atoms. The van der Waals surface area contributed by atoms with E-state index in [4.69, 9.17) is 0 Å². The van der Waals surface area contributed by atoms with E-state index in [0.29, 0.717) is 5.92 Å². The zero-order chi connectivity index (χ0) is 15.5. The van der Waals surface area contributed by atoms with Crippen LogP contribution in [0.5, 0.6) is 0 Å². The first-order valence-corrected chi connectivity index (χ1v) is 7.45. The van der Waals surface area contributed by atoms with Gasteiger partial charge in [-0.1, -0.05) is 18.6 Å². The third-order valence-corrected chi connectivity index (χ3v) is 4.21. The van der Waals surface area contributed by atoms with Gasteiger partial charge < -0.3 is 10.4 Å². The number of benzene rings is 1. The lowest BCUT2D eigenvalue weighted by Crippen LogP contribution is -2.30. The molecular weight excluding hydrogens is 279 g/mol. The largest absolute Gasteiger partial charge is 0.416 e. The van der Waals surface area contributed by atoms with Crippen LogP contribution in [0.4, 0.5) is 13.2 Å². The van der Waals surface area contributed by atoms with Crippen LogP contribution in [-0.2, 0) is 6.18 Å². The normalized spacial score (nSPS) is 24.8. The summed E-state index contributed by atoms with van der Waals surface area (Å²) in [5.41, 5.74) is 0.230. The van der Waals surface area contributed by atoms with E-state index >= 15 is 0 Å². The van der Waals surface area contributed by atoms with Gasteiger partial charge in [-0.15, -0.1) is 0 Å². The van der Waals surface area contributed by atoms with E-state index < -0.39 is 11.7 Å². The van der Waals surface area contributed by atoms with Gasteiger partial charge in [0, 0.05) is 6.04 Å². The second-order valence-corrected chi connectivity index (χ2v) is 5.94. The first kappa shape index (κ1) is 16.3. The summed E-state index contributed by atoms with van der Waals surface area (Å²) >= 11 is 0. The van der Waals surface area contributed by atoms with Gasteiger partial charge >= 0.3 is 6.18 Å². The maximum absolute atomic E-state index is 12.5. The fourth-order valence-corrected chi connectivity index (χ4v) is 2.87. The van der Waals surface area contributed by atoms with E-state index in [1.807, 2.05) is 6.92 Å². The second kappa shape index (κ2) is 6.79. The van der Waals surface area contributed by atoms with Crippen LogP contribution in [0.15, 0.2) is 24.3 Å². The molecule has 0 bridgehead atoms. The average Bonchev–Trinajstić information content (AvgIpc) is 2.44. The smallest absolute Gasteiger partial charge is 0.393 e. The summed E-state index contributed by atoms with van der Waals surface area (Å²) in [6.45, 7) is 2.74. The molecular formula is C16H22F3NO. The monoisotopic (exact) mass is 301 g/mol. The van der Waals surface area contributed by atoms with Gasteiger partial charge in [-0.25, -0.2) is 0 Å². The van der Waals surface area contributed by atoms with Crippen LogP contribution in [0.1, 0.15) is 49.8 Å². The highest BCUT2D eigenvalue weighted by Gasteiger charge is 2.30. The van der Waals surface area contributed by atoms with E-state index in [9.17, 15) is 18.3 Å². The SMILES string of the molecule is CC(NCC1CCCC(O)C1)c1ccc(C(F)(F)F)cc1. The molecule has 2 nitrogen and oxygen atoms in total. The molecule has 1 aromatic carbocycles. The molecule has 0 saturated heterocycles. The van der Waals surface area contributed by atoms with Crippen molar-refractivity contribution in [2.75, 3.05) is 6.54 Å². The molecule has 3 atom stereocenters. The number of hydrogen-bond donors (Lipinski definition) is 2. The van der Waals surface area contributed by atoms with Gasteiger partial charge in [-0.05, 0) is 56.3 Å². The Morgan fingerprint density at radius 1 is 1.24 bits per heavy atom. The standard InChI is InChI=1S/C16H22F3NO/c1-11(20-10-12-3-2-4-15(21)9-12)13-5-7-14(8-6-13)16(17,18)19/h5-8,11-12,15,20-21H,2-4,9-10H2,1H3. The molecule has 1 aromatic rings. The highest BCUT2D eigenvalue weighted by atomic mass is 19.4. The molecule has 0 radical (unpaired) electrons. The third kappa shape index (κ3) is 4.71. The van der Waals surface area contributed by atoms with E-state index in [-0.39, 0.29) is 12.1 Å². The zero-order valence-electron chi connectivity index (χ0n) is 12.2. The van der Waals surface area contributed by atoms with Crippen LogP contribution >= 0.6 is 0 Å². The van der Waals surface area contributed by atoms with Crippen LogP contribution in [0, 0.1) is 5.92 Å². The van der Waals surface area contributed by atoms with E-state index in [0.717, 1.165) is 49.9 Å². The number of rotatable bonds is 4. The summed E-state index contributed by atoms with van der Waals surface area (Å²) in [6.07, 6.45) is -0.649. The quantitative estimate of drug-likeness (QED) is 0.884. The lowest BCUT2D eigenvalue weighted by molar-refractivity contribution is -0.137. The Bertz CT molecular complexity index is 444. The van der Waals surface area contributed by atoms with Crippen molar-refractivity contribution in [3.8, 4) is 0 Å². The van der Waals surface area contributed by atoms with Crippen molar-refractivity contribution in [1.82, 2.24) is 5.32 Å². The Morgan fingerprint density at radius 2 is 1.90 bits per heavy atom. The minimum absolute atomic E-state index is 0.00588. The maximum Gasteiger partial charge on any atom is 0.416 e. The number of aliphatic hydroxyl groups is 1. The second-order valence-electron chi connectivity index (χ2n) is 5.94. The minimum atomic E-state index is -4.28. The van der Waals surface area contributed by atoms with Crippen LogP contribution in [0.3, 0.4) is 0 Å². The topological polar surface area (TPSA) is 32.3 Å². The van der Waals surface area contributed by atoms with Gasteiger partial charge in [0.15, 0.2) is 0 Å². The van der Waals surface area contributed by atoms with Gasteiger partial charge in [0.2, 0.25) is 0 Å². The van der Waals surface area contributed by atoms with Crippen LogP contribution in [0.2, 0.25) is 0 Å². The highest BCUT2D eigenvalue weighted by molar-refractivity contribution is 5.26. The van der Waals surface area contributed by atoms with Crippen LogP contribution < -0.4 is 5.32 Å². The zero-order valence-corrected chi connectivity index (χ0v) is 12.2. The lowest BCUT2D eigenvalue weighted by atomic mass is 9.87. The predicted octanol–water partition coefficient (Wildman–Crippen LogP) is 3.91. The Labute approximate surface area is 123 Å². The molecule has 3 unspecified atom stereocenters. The summed E-state index contributed by atoms with van der Waals surface area (Å²) in [4.78, 5) is 0. The van der Waals surface area contributed by atoms with Crippen molar-refractivity contribution in [3.05, 3.63) is 35.4 Å². The molecule has 0 aromatic heterocycles. The molecule has 1 aliphatic rings. The Hall–Kier alpha value is -1.07. The fraction of sp³-hybridized carbons (Fsp3) is 0.625. The molecule has 1 fully saturated rings. The van der Waals surface area contributed by atoms with Crippen LogP contribution in [-0.4, -0.2) is 17.8 Å². The molecule has 0 amide bonds. The van der Waals surface area contributed by atoms with Crippen LogP contribution in [0.25, 0.3) is 0 Å². The van der Waals surface area contributed by atoms with Gasteiger partial charge in [0.1, 0.15) is 0 Å². The molecule has 0 heterocycles. The lowest BCUT2D eigenvalue weighted by Gasteiger charge is -2.27. The Morgan fingerprint density at radius 3 is 2.48 bits per heavy atom. The number of nitrogens with one attached hydrogen (secondary N) is 1. The maximum atomic E-state index is 12.5. The van der Waals surface area contributed by atoms with Crippen molar-refractivity contribution in [2.45, 2.75) is 50.9 Å². The first-order chi connectivity index (χ1) is 9.86. The van der Waals surface area contributed by atoms with Gasteiger partial charge in [-0.2, -0.15) is 13.2 Å².